The molecule has 1 fully saturated rings. The predicted octanol–water partition coefficient (Wildman–Crippen LogP) is 3.92. The minimum absolute atomic E-state index is 0.452. The van der Waals surface area contributed by atoms with Crippen LogP contribution in [0.5, 0.6) is 0 Å². The van der Waals surface area contributed by atoms with Gasteiger partial charge in [0.25, 0.3) is 0 Å². The SMILES string of the molecule is CC(C)C(C)N1CCC(Br)CC(C)(C)C1. The van der Waals surface area contributed by atoms with Crippen molar-refractivity contribution in [2.75, 3.05) is 13.1 Å². The highest BCUT2D eigenvalue weighted by molar-refractivity contribution is 9.09. The van der Waals surface area contributed by atoms with Gasteiger partial charge in [0.15, 0.2) is 0 Å². The minimum Gasteiger partial charge on any atom is -0.300 e. The average Bonchev–Trinajstić information content (AvgIpc) is 2.21. The van der Waals surface area contributed by atoms with Gasteiger partial charge in [0.2, 0.25) is 0 Å². The Balaban J connectivity index is 2.66. The van der Waals surface area contributed by atoms with Crippen LogP contribution >= 0.6 is 15.9 Å². The Morgan fingerprint density at radius 3 is 2.40 bits per heavy atom. The molecule has 1 nitrogen and oxygen atoms in total. The van der Waals surface area contributed by atoms with Crippen molar-refractivity contribution in [3.63, 3.8) is 0 Å². The molecule has 0 N–H and O–H groups in total. The van der Waals surface area contributed by atoms with Crippen LogP contribution in [0.3, 0.4) is 0 Å². The monoisotopic (exact) mass is 275 g/mol. The standard InChI is InChI=1S/C13H26BrN/c1-10(2)11(3)15-7-6-12(14)8-13(4,5)9-15/h10-12H,6-9H2,1-5H3. The van der Waals surface area contributed by atoms with Crippen LogP contribution in [0.4, 0.5) is 0 Å². The van der Waals surface area contributed by atoms with Crippen molar-refractivity contribution in [1.82, 2.24) is 4.90 Å². The molecule has 1 rings (SSSR count). The van der Waals surface area contributed by atoms with Gasteiger partial charge < -0.3 is 0 Å². The Labute approximate surface area is 104 Å². The van der Waals surface area contributed by atoms with E-state index in [9.17, 15) is 0 Å². The van der Waals surface area contributed by atoms with Crippen molar-refractivity contribution in [2.24, 2.45) is 11.3 Å². The van der Waals surface area contributed by atoms with E-state index in [1.54, 1.807) is 0 Å². The highest BCUT2D eigenvalue weighted by Gasteiger charge is 2.31. The largest absolute Gasteiger partial charge is 0.300 e. The number of alkyl halides is 1. The van der Waals surface area contributed by atoms with Crippen LogP contribution in [-0.4, -0.2) is 28.9 Å². The van der Waals surface area contributed by atoms with Gasteiger partial charge in [-0.15, -0.1) is 0 Å². The van der Waals surface area contributed by atoms with Crippen LogP contribution in [0.1, 0.15) is 47.5 Å². The summed E-state index contributed by atoms with van der Waals surface area (Å²) in [5, 5.41) is 0. The van der Waals surface area contributed by atoms with Crippen LogP contribution in [0.15, 0.2) is 0 Å². The van der Waals surface area contributed by atoms with E-state index in [0.29, 0.717) is 16.3 Å². The van der Waals surface area contributed by atoms with E-state index in [0.717, 1.165) is 5.92 Å². The van der Waals surface area contributed by atoms with Gasteiger partial charge in [-0.3, -0.25) is 4.90 Å². The second-order valence-electron chi connectivity index (χ2n) is 6.21. The Bertz CT molecular complexity index is 201. The molecule has 0 spiro atoms. The van der Waals surface area contributed by atoms with Gasteiger partial charge in [-0.25, -0.2) is 0 Å². The van der Waals surface area contributed by atoms with Crippen molar-refractivity contribution in [3.8, 4) is 0 Å². The van der Waals surface area contributed by atoms with E-state index in [-0.39, 0.29) is 0 Å². The molecule has 0 aromatic heterocycles. The Morgan fingerprint density at radius 2 is 1.87 bits per heavy atom. The third kappa shape index (κ3) is 4.07. The minimum atomic E-state index is 0.452. The Hall–Kier alpha value is 0.440. The summed E-state index contributed by atoms with van der Waals surface area (Å²) in [5.74, 6) is 0.757. The topological polar surface area (TPSA) is 3.24 Å². The molecule has 0 radical (unpaired) electrons. The lowest BCUT2D eigenvalue weighted by atomic mass is 9.87. The maximum absolute atomic E-state index is 3.80. The molecule has 0 amide bonds. The van der Waals surface area contributed by atoms with Crippen molar-refractivity contribution in [1.29, 1.82) is 0 Å². The van der Waals surface area contributed by atoms with E-state index >= 15 is 0 Å². The van der Waals surface area contributed by atoms with Crippen LogP contribution in [0.25, 0.3) is 0 Å². The smallest absolute Gasteiger partial charge is 0.0163 e. The van der Waals surface area contributed by atoms with Crippen molar-refractivity contribution in [3.05, 3.63) is 0 Å². The molecule has 1 saturated heterocycles. The molecule has 0 aliphatic carbocycles. The first-order valence-electron chi connectivity index (χ1n) is 6.20. The maximum Gasteiger partial charge on any atom is 0.0163 e. The van der Waals surface area contributed by atoms with Gasteiger partial charge in [0, 0.05) is 17.4 Å². The lowest BCUT2D eigenvalue weighted by Gasteiger charge is -2.35. The number of halogens is 1. The molecule has 0 saturated carbocycles. The lowest BCUT2D eigenvalue weighted by Crippen LogP contribution is -2.41. The number of rotatable bonds is 2. The number of hydrogen-bond acceptors (Lipinski definition) is 1. The summed E-state index contributed by atoms with van der Waals surface area (Å²) >= 11 is 3.80. The molecule has 90 valence electrons. The van der Waals surface area contributed by atoms with Crippen LogP contribution in [0.2, 0.25) is 0 Å². The first kappa shape index (κ1) is 13.5. The highest BCUT2D eigenvalue weighted by Crippen LogP contribution is 2.33. The third-order valence-corrected chi connectivity index (χ3v) is 4.46. The highest BCUT2D eigenvalue weighted by atomic mass is 79.9. The van der Waals surface area contributed by atoms with Gasteiger partial charge in [-0.1, -0.05) is 43.6 Å². The van der Waals surface area contributed by atoms with E-state index in [1.165, 1.54) is 25.9 Å². The Morgan fingerprint density at radius 1 is 1.27 bits per heavy atom. The molecule has 1 aliphatic rings. The maximum atomic E-state index is 3.80. The fourth-order valence-corrected chi connectivity index (χ4v) is 3.55. The molecule has 1 aliphatic heterocycles. The van der Waals surface area contributed by atoms with E-state index in [1.807, 2.05) is 0 Å². The van der Waals surface area contributed by atoms with Gasteiger partial charge in [-0.05, 0) is 37.6 Å². The van der Waals surface area contributed by atoms with Gasteiger partial charge in [0.05, 0.1) is 0 Å². The van der Waals surface area contributed by atoms with Crippen LogP contribution in [0, 0.1) is 11.3 Å². The number of hydrogen-bond donors (Lipinski definition) is 0. The quantitative estimate of drug-likeness (QED) is 0.691. The summed E-state index contributed by atoms with van der Waals surface area (Å²) in [6.07, 6.45) is 2.59. The lowest BCUT2D eigenvalue weighted by molar-refractivity contribution is 0.125. The molecule has 2 atom stereocenters. The van der Waals surface area contributed by atoms with Gasteiger partial charge in [0.1, 0.15) is 0 Å². The van der Waals surface area contributed by atoms with Crippen LogP contribution < -0.4 is 0 Å². The molecule has 1 heterocycles. The molecule has 0 aromatic rings. The zero-order valence-electron chi connectivity index (χ0n) is 10.9. The van der Waals surface area contributed by atoms with Crippen molar-refractivity contribution < 1.29 is 0 Å². The summed E-state index contributed by atoms with van der Waals surface area (Å²) < 4.78 is 0. The molecule has 15 heavy (non-hydrogen) atoms. The third-order valence-electron chi connectivity index (χ3n) is 3.68. The van der Waals surface area contributed by atoms with E-state index in [4.69, 9.17) is 0 Å². The predicted molar refractivity (Wildman–Crippen MR) is 71.6 cm³/mol. The second kappa shape index (κ2) is 5.18. The summed E-state index contributed by atoms with van der Waals surface area (Å²) in [5.41, 5.74) is 0.452. The fourth-order valence-electron chi connectivity index (χ4n) is 2.47. The molecule has 2 heteroatoms. The zero-order chi connectivity index (χ0) is 11.6. The molecular weight excluding hydrogens is 250 g/mol. The van der Waals surface area contributed by atoms with Crippen LogP contribution in [-0.2, 0) is 0 Å². The van der Waals surface area contributed by atoms with Gasteiger partial charge in [-0.2, -0.15) is 0 Å². The Kier molecular flexibility index (Phi) is 4.66. The number of nitrogens with zero attached hydrogens (tertiary/aromatic N) is 1. The van der Waals surface area contributed by atoms with Crippen molar-refractivity contribution >= 4 is 15.9 Å². The number of likely N-dealkylation sites (tertiary alicyclic amines) is 1. The van der Waals surface area contributed by atoms with Crippen molar-refractivity contribution in [2.45, 2.75) is 58.3 Å². The summed E-state index contributed by atoms with van der Waals surface area (Å²) in [4.78, 5) is 3.38. The van der Waals surface area contributed by atoms with E-state index in [2.05, 4.69) is 55.4 Å². The first-order chi connectivity index (χ1) is 6.82. The molecule has 0 bridgehead atoms. The van der Waals surface area contributed by atoms with E-state index < -0.39 is 0 Å². The second-order valence-corrected chi connectivity index (χ2v) is 7.50. The summed E-state index contributed by atoms with van der Waals surface area (Å²) in [6, 6.07) is 0.710. The molecular formula is C13H26BrN. The summed E-state index contributed by atoms with van der Waals surface area (Å²) in [6.45, 7) is 14.3. The molecule has 0 aromatic carbocycles. The normalized spacial score (nSPS) is 30.2. The fraction of sp³-hybridized carbons (Fsp3) is 1.00. The zero-order valence-corrected chi connectivity index (χ0v) is 12.5. The first-order valence-corrected chi connectivity index (χ1v) is 7.11. The van der Waals surface area contributed by atoms with Gasteiger partial charge >= 0.3 is 0 Å². The molecule has 2 unspecified atom stereocenters. The summed E-state index contributed by atoms with van der Waals surface area (Å²) in [7, 11) is 0. The average molecular weight is 276 g/mol.